The Bertz CT molecular complexity index is 398. The number of rotatable bonds is 4. The monoisotopic (exact) mass is 240 g/mol. The molecule has 0 bridgehead atoms. The second-order valence-electron chi connectivity index (χ2n) is 3.32. The van der Waals surface area contributed by atoms with Gasteiger partial charge in [0, 0.05) is 6.04 Å². The Balaban J connectivity index is 0.00000225. The second kappa shape index (κ2) is 7.00. The molecule has 0 fully saturated rings. The molecule has 0 radical (unpaired) electrons. The van der Waals surface area contributed by atoms with Gasteiger partial charge >= 0.3 is 0 Å². The molecule has 1 aromatic carbocycles. The number of hydrogen-bond acceptors (Lipinski definition) is 2. The third-order valence-corrected chi connectivity index (χ3v) is 2.22. The molecule has 2 nitrogen and oxygen atoms in total. The van der Waals surface area contributed by atoms with E-state index in [2.05, 4.69) is 6.58 Å². The van der Waals surface area contributed by atoms with Crippen LogP contribution >= 0.6 is 12.4 Å². The summed E-state index contributed by atoms with van der Waals surface area (Å²) in [6.45, 7) is 3.61. The topological polar surface area (TPSA) is 49.8 Å². The van der Waals surface area contributed by atoms with E-state index >= 15 is 0 Å². The average Bonchev–Trinajstić information content (AvgIpc) is 2.26. The molecule has 4 heteroatoms. The third-order valence-electron chi connectivity index (χ3n) is 2.22. The number of hydrogen-bond donors (Lipinski definition) is 1. The number of nitrogens with zero attached hydrogens (tertiary/aromatic N) is 1. The first-order chi connectivity index (χ1) is 7.19. The molecule has 0 saturated carbocycles. The molecule has 1 rings (SSSR count). The van der Waals surface area contributed by atoms with E-state index in [1.54, 1.807) is 18.2 Å². The zero-order valence-electron chi connectivity index (χ0n) is 8.82. The van der Waals surface area contributed by atoms with Gasteiger partial charge in [-0.2, -0.15) is 5.26 Å². The van der Waals surface area contributed by atoms with Crippen molar-refractivity contribution in [3.05, 3.63) is 47.8 Å². The molecule has 0 aromatic heterocycles. The number of nitriles is 1. The lowest BCUT2D eigenvalue weighted by Gasteiger charge is -2.10. The summed E-state index contributed by atoms with van der Waals surface area (Å²) in [6, 6.07) is 6.02. The van der Waals surface area contributed by atoms with Gasteiger partial charge in [-0.25, -0.2) is 4.39 Å². The van der Waals surface area contributed by atoms with Gasteiger partial charge in [0.1, 0.15) is 11.9 Å². The van der Waals surface area contributed by atoms with E-state index in [1.807, 2.05) is 0 Å². The Morgan fingerprint density at radius 1 is 1.56 bits per heavy atom. The van der Waals surface area contributed by atoms with E-state index in [0.29, 0.717) is 0 Å². The molecule has 0 unspecified atom stereocenters. The van der Waals surface area contributed by atoms with Crippen LogP contribution in [0.4, 0.5) is 4.39 Å². The molecule has 1 aromatic rings. The fourth-order valence-electron chi connectivity index (χ4n) is 1.32. The lowest BCUT2D eigenvalue weighted by Crippen LogP contribution is -2.10. The zero-order valence-corrected chi connectivity index (χ0v) is 9.64. The minimum atomic E-state index is -0.503. The Morgan fingerprint density at radius 3 is 2.81 bits per heavy atom. The maximum Gasteiger partial charge on any atom is 0.140 e. The first kappa shape index (κ1) is 14.6. The first-order valence-electron chi connectivity index (χ1n) is 4.75. The van der Waals surface area contributed by atoms with Gasteiger partial charge in [0.05, 0.1) is 5.56 Å². The molecule has 0 aliphatic carbocycles. The highest BCUT2D eigenvalue weighted by molar-refractivity contribution is 5.85. The molecule has 0 amide bonds. The summed E-state index contributed by atoms with van der Waals surface area (Å²) in [5.74, 6) is -0.503. The van der Waals surface area contributed by atoms with Crippen LogP contribution in [0.15, 0.2) is 30.9 Å². The van der Waals surface area contributed by atoms with Crippen LogP contribution in [-0.4, -0.2) is 0 Å². The molecule has 1 atom stereocenters. The number of benzene rings is 1. The molecule has 86 valence electrons. The van der Waals surface area contributed by atoms with Gasteiger partial charge in [-0.15, -0.1) is 19.0 Å². The normalized spacial score (nSPS) is 11.1. The molecular formula is C12H14ClFN2. The summed E-state index contributed by atoms with van der Waals surface area (Å²) in [5.41, 5.74) is 6.71. The summed E-state index contributed by atoms with van der Waals surface area (Å²) < 4.78 is 13.0. The molecule has 0 heterocycles. The van der Waals surface area contributed by atoms with E-state index in [4.69, 9.17) is 11.0 Å². The molecule has 16 heavy (non-hydrogen) atoms. The van der Waals surface area contributed by atoms with Crippen LogP contribution in [0, 0.1) is 17.1 Å². The predicted octanol–water partition coefficient (Wildman–Crippen LogP) is 3.09. The van der Waals surface area contributed by atoms with Gasteiger partial charge in [-0.05, 0) is 30.5 Å². The smallest absolute Gasteiger partial charge is 0.140 e. The van der Waals surface area contributed by atoms with Crippen molar-refractivity contribution in [1.29, 1.82) is 5.26 Å². The predicted molar refractivity (Wildman–Crippen MR) is 64.7 cm³/mol. The number of halogens is 2. The highest BCUT2D eigenvalue weighted by atomic mass is 35.5. The quantitative estimate of drug-likeness (QED) is 0.823. The largest absolute Gasteiger partial charge is 0.324 e. The van der Waals surface area contributed by atoms with Crippen molar-refractivity contribution in [2.24, 2.45) is 5.73 Å². The van der Waals surface area contributed by atoms with E-state index in [-0.39, 0.29) is 24.0 Å². The van der Waals surface area contributed by atoms with Gasteiger partial charge in [-0.1, -0.05) is 12.1 Å². The summed E-state index contributed by atoms with van der Waals surface area (Å²) in [5, 5.41) is 8.65. The van der Waals surface area contributed by atoms with Gasteiger partial charge < -0.3 is 5.73 Å². The van der Waals surface area contributed by atoms with Gasteiger partial charge in [0.2, 0.25) is 0 Å². The number of allylic oxidation sites excluding steroid dienone is 1. The van der Waals surface area contributed by atoms with Crippen LogP contribution < -0.4 is 5.73 Å². The summed E-state index contributed by atoms with van der Waals surface area (Å²) in [7, 11) is 0. The van der Waals surface area contributed by atoms with E-state index in [0.717, 1.165) is 18.4 Å². The maximum atomic E-state index is 13.0. The average molecular weight is 241 g/mol. The Hall–Kier alpha value is -1.37. The van der Waals surface area contributed by atoms with Crippen LogP contribution in [0.3, 0.4) is 0 Å². The highest BCUT2D eigenvalue weighted by Crippen LogP contribution is 2.18. The fraction of sp³-hybridized carbons (Fsp3) is 0.250. The van der Waals surface area contributed by atoms with Crippen LogP contribution in [-0.2, 0) is 0 Å². The van der Waals surface area contributed by atoms with E-state index < -0.39 is 5.82 Å². The van der Waals surface area contributed by atoms with Crippen molar-refractivity contribution in [3.8, 4) is 6.07 Å². The zero-order chi connectivity index (χ0) is 11.3. The molecular weight excluding hydrogens is 227 g/mol. The van der Waals surface area contributed by atoms with Crippen molar-refractivity contribution >= 4 is 12.4 Å². The first-order valence-corrected chi connectivity index (χ1v) is 4.75. The summed E-state index contributed by atoms with van der Waals surface area (Å²) in [4.78, 5) is 0. The number of nitrogens with two attached hydrogens (primary N) is 1. The minimum absolute atomic E-state index is 0. The van der Waals surface area contributed by atoms with Gasteiger partial charge in [-0.3, -0.25) is 0 Å². The van der Waals surface area contributed by atoms with Crippen LogP contribution in [0.2, 0.25) is 0 Å². The fourth-order valence-corrected chi connectivity index (χ4v) is 1.32. The van der Waals surface area contributed by atoms with E-state index in [9.17, 15) is 4.39 Å². The van der Waals surface area contributed by atoms with Crippen LogP contribution in [0.5, 0.6) is 0 Å². The SMILES string of the molecule is C=CCC[C@H](N)c1ccc(F)c(C#N)c1.Cl. The van der Waals surface area contributed by atoms with Crippen molar-refractivity contribution in [2.45, 2.75) is 18.9 Å². The maximum absolute atomic E-state index is 13.0. The third kappa shape index (κ3) is 3.65. The van der Waals surface area contributed by atoms with Gasteiger partial charge in [0.15, 0.2) is 0 Å². The Kier molecular flexibility index (Phi) is 6.40. The molecule has 0 aliphatic rings. The van der Waals surface area contributed by atoms with Crippen molar-refractivity contribution in [3.63, 3.8) is 0 Å². The lowest BCUT2D eigenvalue weighted by atomic mass is 10.0. The standard InChI is InChI=1S/C12H13FN2.ClH/c1-2-3-4-12(15)9-5-6-11(13)10(7-9)8-14;/h2,5-7,12H,1,3-4,15H2;1H/t12-;/m0./s1. The minimum Gasteiger partial charge on any atom is -0.324 e. The second-order valence-corrected chi connectivity index (χ2v) is 3.32. The van der Waals surface area contributed by atoms with Crippen LogP contribution in [0.1, 0.15) is 30.0 Å². The Morgan fingerprint density at radius 2 is 2.25 bits per heavy atom. The molecule has 0 aliphatic heterocycles. The van der Waals surface area contributed by atoms with Crippen LogP contribution in [0.25, 0.3) is 0 Å². The van der Waals surface area contributed by atoms with Gasteiger partial charge in [0.25, 0.3) is 0 Å². The lowest BCUT2D eigenvalue weighted by molar-refractivity contribution is 0.617. The van der Waals surface area contributed by atoms with Crippen molar-refractivity contribution < 1.29 is 4.39 Å². The van der Waals surface area contributed by atoms with E-state index in [1.165, 1.54) is 12.1 Å². The summed E-state index contributed by atoms with van der Waals surface area (Å²) >= 11 is 0. The summed E-state index contributed by atoms with van der Waals surface area (Å²) in [6.07, 6.45) is 3.34. The molecule has 0 saturated heterocycles. The highest BCUT2D eigenvalue weighted by Gasteiger charge is 2.08. The molecule has 2 N–H and O–H groups in total. The molecule has 0 spiro atoms. The Labute approximate surface area is 101 Å². The van der Waals surface area contributed by atoms with Crippen molar-refractivity contribution in [1.82, 2.24) is 0 Å². The van der Waals surface area contributed by atoms with Crippen molar-refractivity contribution in [2.75, 3.05) is 0 Å².